The van der Waals surface area contributed by atoms with E-state index in [-0.39, 0.29) is 0 Å². The van der Waals surface area contributed by atoms with Crippen LogP contribution in [0.4, 0.5) is 0 Å². The van der Waals surface area contributed by atoms with Crippen molar-refractivity contribution in [1.29, 1.82) is 0 Å². The third kappa shape index (κ3) is 3.85. The van der Waals surface area contributed by atoms with Crippen LogP contribution >= 0.6 is 11.3 Å². The predicted molar refractivity (Wildman–Crippen MR) is 55.1 cm³/mol. The van der Waals surface area contributed by atoms with Crippen LogP contribution in [0.1, 0.15) is 17.6 Å². The smallest absolute Gasteiger partial charge is 0.119 e. The lowest BCUT2D eigenvalue weighted by Crippen LogP contribution is -2.10. The summed E-state index contributed by atoms with van der Waals surface area (Å²) in [6.07, 6.45) is 0.999. The van der Waals surface area contributed by atoms with Crippen LogP contribution in [0.5, 0.6) is 0 Å². The first kappa shape index (κ1) is 10.6. The number of hydrogen-bond donors (Lipinski definition) is 1. The maximum absolute atomic E-state index is 5.27. The Hall–Kier alpha value is -0.450. The van der Waals surface area contributed by atoms with Crippen LogP contribution < -0.4 is 5.32 Å². The maximum atomic E-state index is 5.27. The minimum absolute atomic E-state index is 0.653. The molecule has 0 aliphatic carbocycles. The van der Waals surface area contributed by atoms with E-state index < -0.39 is 0 Å². The molecule has 4 heteroatoms. The zero-order chi connectivity index (χ0) is 9.52. The van der Waals surface area contributed by atoms with Gasteiger partial charge >= 0.3 is 0 Å². The van der Waals surface area contributed by atoms with E-state index in [9.17, 15) is 0 Å². The monoisotopic (exact) mass is 200 g/mol. The Labute approximate surface area is 83.1 Å². The molecule has 0 fully saturated rings. The first-order valence-corrected chi connectivity index (χ1v) is 5.40. The molecule has 1 rings (SSSR count). The Morgan fingerprint density at radius 2 is 2.46 bits per heavy atom. The lowest BCUT2D eigenvalue weighted by atomic mass is 10.3. The van der Waals surface area contributed by atoms with Crippen molar-refractivity contribution < 1.29 is 4.74 Å². The second-order valence-electron chi connectivity index (χ2n) is 2.72. The van der Waals surface area contributed by atoms with Gasteiger partial charge in [0.1, 0.15) is 5.01 Å². The van der Waals surface area contributed by atoms with Crippen molar-refractivity contribution in [3.05, 3.63) is 16.1 Å². The highest BCUT2D eigenvalue weighted by Crippen LogP contribution is 2.10. The summed E-state index contributed by atoms with van der Waals surface area (Å²) in [7, 11) is 1.95. The number of hydrogen-bond acceptors (Lipinski definition) is 4. The Morgan fingerprint density at radius 1 is 1.62 bits per heavy atom. The quantitative estimate of drug-likeness (QED) is 0.754. The molecule has 13 heavy (non-hydrogen) atoms. The molecule has 1 aromatic rings. The number of nitrogens with one attached hydrogen (secondary N) is 1. The van der Waals surface area contributed by atoms with Gasteiger partial charge in [-0.3, -0.25) is 0 Å². The van der Waals surface area contributed by atoms with Gasteiger partial charge in [0.05, 0.1) is 12.3 Å². The molecule has 1 heterocycles. The number of rotatable bonds is 6. The number of aromatic nitrogens is 1. The van der Waals surface area contributed by atoms with Crippen LogP contribution in [0.25, 0.3) is 0 Å². The molecule has 0 radical (unpaired) electrons. The van der Waals surface area contributed by atoms with Gasteiger partial charge in [0.15, 0.2) is 0 Å². The molecule has 0 amide bonds. The van der Waals surface area contributed by atoms with Crippen LogP contribution in [-0.4, -0.2) is 25.2 Å². The van der Waals surface area contributed by atoms with Crippen LogP contribution in [0.3, 0.4) is 0 Å². The van der Waals surface area contributed by atoms with E-state index in [1.165, 1.54) is 0 Å². The first-order chi connectivity index (χ1) is 6.36. The maximum Gasteiger partial charge on any atom is 0.119 e. The molecule has 0 saturated heterocycles. The topological polar surface area (TPSA) is 34.1 Å². The zero-order valence-electron chi connectivity index (χ0n) is 8.17. The molecule has 0 aliphatic rings. The second-order valence-corrected chi connectivity index (χ2v) is 3.67. The van der Waals surface area contributed by atoms with Crippen LogP contribution in [0, 0.1) is 0 Å². The van der Waals surface area contributed by atoms with Gasteiger partial charge in [-0.1, -0.05) is 0 Å². The fourth-order valence-electron chi connectivity index (χ4n) is 0.972. The van der Waals surface area contributed by atoms with Crippen molar-refractivity contribution in [3.63, 3.8) is 0 Å². The fraction of sp³-hybridized carbons (Fsp3) is 0.667. The highest BCUT2D eigenvalue weighted by molar-refractivity contribution is 7.09. The molecule has 0 saturated carbocycles. The highest BCUT2D eigenvalue weighted by Gasteiger charge is 2.00. The lowest BCUT2D eigenvalue weighted by Gasteiger charge is -1.96. The highest BCUT2D eigenvalue weighted by atomic mass is 32.1. The van der Waals surface area contributed by atoms with E-state index in [0.717, 1.165) is 30.3 Å². The predicted octanol–water partition coefficient (Wildman–Crippen LogP) is 1.44. The second kappa shape index (κ2) is 6.07. The molecule has 3 nitrogen and oxygen atoms in total. The zero-order valence-corrected chi connectivity index (χ0v) is 8.99. The average molecular weight is 200 g/mol. The van der Waals surface area contributed by atoms with Gasteiger partial charge in [-0.25, -0.2) is 4.98 Å². The Balaban J connectivity index is 2.34. The van der Waals surface area contributed by atoms with Gasteiger partial charge in [-0.2, -0.15) is 0 Å². The molecule has 0 atom stereocenters. The third-order valence-electron chi connectivity index (χ3n) is 1.66. The number of nitrogens with zero attached hydrogens (tertiary/aromatic N) is 1. The summed E-state index contributed by atoms with van der Waals surface area (Å²) >= 11 is 1.68. The molecular weight excluding hydrogens is 184 g/mol. The minimum Gasteiger partial charge on any atom is -0.375 e. The molecule has 74 valence electrons. The van der Waals surface area contributed by atoms with Crippen molar-refractivity contribution >= 4 is 11.3 Å². The standard InChI is InChI=1S/C9H16N2OS/c1-3-12-6-9-11-8(7-13-9)4-5-10-2/h7,10H,3-6H2,1-2H3. The van der Waals surface area contributed by atoms with E-state index in [2.05, 4.69) is 15.7 Å². The summed E-state index contributed by atoms with van der Waals surface area (Å²) in [6, 6.07) is 0. The molecule has 0 bridgehead atoms. The third-order valence-corrected chi connectivity index (χ3v) is 2.53. The van der Waals surface area contributed by atoms with Gasteiger partial charge in [-0.05, 0) is 14.0 Å². The van der Waals surface area contributed by atoms with Gasteiger partial charge in [0, 0.05) is 25.0 Å². The average Bonchev–Trinajstić information content (AvgIpc) is 2.59. The van der Waals surface area contributed by atoms with E-state index in [1.54, 1.807) is 11.3 Å². The van der Waals surface area contributed by atoms with Crippen molar-refractivity contribution in [2.45, 2.75) is 20.0 Å². The molecule has 0 aromatic carbocycles. The summed E-state index contributed by atoms with van der Waals surface area (Å²) in [5.41, 5.74) is 1.16. The number of likely N-dealkylation sites (N-methyl/N-ethyl adjacent to an activating group) is 1. The number of thiazole rings is 1. The van der Waals surface area contributed by atoms with Gasteiger partial charge in [-0.15, -0.1) is 11.3 Å². The first-order valence-electron chi connectivity index (χ1n) is 4.52. The minimum atomic E-state index is 0.653. The van der Waals surface area contributed by atoms with Crippen LogP contribution in [0.2, 0.25) is 0 Å². The van der Waals surface area contributed by atoms with Crippen molar-refractivity contribution in [2.75, 3.05) is 20.2 Å². The lowest BCUT2D eigenvalue weighted by molar-refractivity contribution is 0.134. The fourth-order valence-corrected chi connectivity index (χ4v) is 1.74. The van der Waals surface area contributed by atoms with Gasteiger partial charge in [0.25, 0.3) is 0 Å². The largest absolute Gasteiger partial charge is 0.375 e. The molecule has 0 unspecified atom stereocenters. The van der Waals surface area contributed by atoms with Gasteiger partial charge in [0.2, 0.25) is 0 Å². The van der Waals surface area contributed by atoms with Crippen molar-refractivity contribution in [2.24, 2.45) is 0 Å². The Kier molecular flexibility index (Phi) is 4.97. The summed E-state index contributed by atoms with van der Waals surface area (Å²) < 4.78 is 5.27. The van der Waals surface area contributed by atoms with Crippen molar-refractivity contribution in [3.8, 4) is 0 Å². The summed E-state index contributed by atoms with van der Waals surface area (Å²) in [6.45, 7) is 4.39. The normalized spacial score (nSPS) is 10.6. The summed E-state index contributed by atoms with van der Waals surface area (Å²) in [5.74, 6) is 0. The summed E-state index contributed by atoms with van der Waals surface area (Å²) in [4.78, 5) is 4.44. The van der Waals surface area contributed by atoms with E-state index in [4.69, 9.17) is 4.74 Å². The van der Waals surface area contributed by atoms with E-state index in [1.807, 2.05) is 14.0 Å². The SMILES string of the molecule is CCOCc1nc(CCNC)cs1. The molecule has 1 aromatic heterocycles. The van der Waals surface area contributed by atoms with E-state index in [0.29, 0.717) is 6.61 Å². The molecule has 1 N–H and O–H groups in total. The molecule has 0 spiro atoms. The van der Waals surface area contributed by atoms with Crippen LogP contribution in [-0.2, 0) is 17.8 Å². The van der Waals surface area contributed by atoms with Gasteiger partial charge < -0.3 is 10.1 Å². The molecule has 0 aliphatic heterocycles. The Morgan fingerprint density at radius 3 is 3.15 bits per heavy atom. The van der Waals surface area contributed by atoms with Crippen LogP contribution in [0.15, 0.2) is 5.38 Å². The number of ether oxygens (including phenoxy) is 1. The van der Waals surface area contributed by atoms with Crippen molar-refractivity contribution in [1.82, 2.24) is 10.3 Å². The summed E-state index contributed by atoms with van der Waals surface area (Å²) in [5, 5.41) is 6.28. The molecular formula is C9H16N2OS. The Bertz CT molecular complexity index is 215. The van der Waals surface area contributed by atoms with E-state index >= 15 is 0 Å².